The van der Waals surface area contributed by atoms with Crippen molar-refractivity contribution in [2.75, 3.05) is 26.2 Å². The number of aryl methyl sites for hydroxylation is 1. The first kappa shape index (κ1) is 16.6. The highest BCUT2D eigenvalue weighted by Crippen LogP contribution is 2.17. The molecule has 0 radical (unpaired) electrons. The second-order valence-electron chi connectivity index (χ2n) is 6.56. The van der Waals surface area contributed by atoms with Crippen molar-refractivity contribution in [3.63, 3.8) is 0 Å². The van der Waals surface area contributed by atoms with E-state index in [0.29, 0.717) is 17.9 Å². The van der Waals surface area contributed by atoms with E-state index < -0.39 is 0 Å². The maximum atomic E-state index is 12.6. The highest BCUT2D eigenvalue weighted by atomic mass is 16.5. The lowest BCUT2D eigenvalue weighted by Gasteiger charge is -2.27. The summed E-state index contributed by atoms with van der Waals surface area (Å²) < 4.78 is 7.87. The lowest BCUT2D eigenvalue weighted by Crippen LogP contribution is -2.46. The minimum Gasteiger partial charge on any atom is -0.487 e. The molecule has 134 valence electrons. The number of pyridine rings is 1. The molecule has 1 aromatic carbocycles. The van der Waals surface area contributed by atoms with Crippen molar-refractivity contribution in [1.29, 1.82) is 0 Å². The highest BCUT2D eigenvalue weighted by Gasteiger charge is 2.18. The summed E-state index contributed by atoms with van der Waals surface area (Å²) in [6.45, 7) is 5.59. The first-order valence-electron chi connectivity index (χ1n) is 8.86. The number of nitrogens with zero attached hydrogens (tertiary/aromatic N) is 3. The van der Waals surface area contributed by atoms with E-state index in [2.05, 4.69) is 17.2 Å². The Balaban J connectivity index is 1.45. The molecule has 2 aromatic heterocycles. The molecule has 1 amide bonds. The SMILES string of the molecule is Cc1ccc2nc(COc3cccc(C(=O)N4CCNCC4)c3)cn2c1. The Hall–Kier alpha value is -2.86. The zero-order valence-electron chi connectivity index (χ0n) is 14.8. The van der Waals surface area contributed by atoms with E-state index in [0.717, 1.165) is 37.5 Å². The number of ether oxygens (including phenoxy) is 1. The first-order chi connectivity index (χ1) is 12.7. The number of amides is 1. The Bertz CT molecular complexity index is 928. The van der Waals surface area contributed by atoms with E-state index in [1.165, 1.54) is 5.56 Å². The van der Waals surface area contributed by atoms with Crippen molar-refractivity contribution in [2.24, 2.45) is 0 Å². The lowest BCUT2D eigenvalue weighted by molar-refractivity contribution is 0.0735. The summed E-state index contributed by atoms with van der Waals surface area (Å²) >= 11 is 0. The van der Waals surface area contributed by atoms with Crippen LogP contribution in [-0.2, 0) is 6.61 Å². The van der Waals surface area contributed by atoms with Crippen molar-refractivity contribution in [1.82, 2.24) is 19.6 Å². The zero-order chi connectivity index (χ0) is 17.9. The van der Waals surface area contributed by atoms with Gasteiger partial charge < -0.3 is 19.4 Å². The average Bonchev–Trinajstić information content (AvgIpc) is 3.09. The second kappa shape index (κ2) is 7.17. The summed E-state index contributed by atoms with van der Waals surface area (Å²) in [5, 5.41) is 3.26. The number of hydrogen-bond donors (Lipinski definition) is 1. The van der Waals surface area contributed by atoms with Crippen molar-refractivity contribution in [3.05, 3.63) is 65.6 Å². The molecule has 3 heterocycles. The summed E-state index contributed by atoms with van der Waals surface area (Å²) in [6.07, 6.45) is 4.01. The molecule has 6 heteroatoms. The number of piperazine rings is 1. The third-order valence-electron chi connectivity index (χ3n) is 4.52. The molecule has 1 fully saturated rings. The Labute approximate surface area is 152 Å². The molecule has 1 saturated heterocycles. The number of carbonyl (C=O) groups excluding carboxylic acids is 1. The minimum absolute atomic E-state index is 0.0557. The maximum absolute atomic E-state index is 12.6. The van der Waals surface area contributed by atoms with Crippen LogP contribution in [0.1, 0.15) is 21.6 Å². The van der Waals surface area contributed by atoms with Crippen LogP contribution in [0.2, 0.25) is 0 Å². The average molecular weight is 350 g/mol. The summed E-state index contributed by atoms with van der Waals surface area (Å²) in [4.78, 5) is 19.0. The molecule has 26 heavy (non-hydrogen) atoms. The van der Waals surface area contributed by atoms with Gasteiger partial charge in [-0.1, -0.05) is 12.1 Å². The molecule has 3 aromatic rings. The van der Waals surface area contributed by atoms with E-state index in [-0.39, 0.29) is 5.91 Å². The number of hydrogen-bond acceptors (Lipinski definition) is 4. The highest BCUT2D eigenvalue weighted by molar-refractivity contribution is 5.94. The fourth-order valence-electron chi connectivity index (χ4n) is 3.15. The fourth-order valence-corrected chi connectivity index (χ4v) is 3.15. The van der Waals surface area contributed by atoms with Gasteiger partial charge in [0.05, 0.1) is 5.69 Å². The monoisotopic (exact) mass is 350 g/mol. The molecular weight excluding hydrogens is 328 g/mol. The van der Waals surface area contributed by atoms with Crippen LogP contribution in [0.4, 0.5) is 0 Å². The second-order valence-corrected chi connectivity index (χ2v) is 6.56. The largest absolute Gasteiger partial charge is 0.487 e. The Kier molecular flexibility index (Phi) is 4.58. The number of imidazole rings is 1. The van der Waals surface area contributed by atoms with E-state index in [1.54, 1.807) is 0 Å². The van der Waals surface area contributed by atoms with Crippen molar-refractivity contribution >= 4 is 11.6 Å². The molecule has 1 aliphatic heterocycles. The number of carbonyl (C=O) groups is 1. The van der Waals surface area contributed by atoms with Crippen molar-refractivity contribution in [2.45, 2.75) is 13.5 Å². The van der Waals surface area contributed by atoms with Gasteiger partial charge in [0.2, 0.25) is 0 Å². The number of aromatic nitrogens is 2. The van der Waals surface area contributed by atoms with Gasteiger partial charge in [-0.25, -0.2) is 4.98 Å². The molecule has 4 rings (SSSR count). The first-order valence-corrected chi connectivity index (χ1v) is 8.86. The normalized spacial score (nSPS) is 14.6. The third-order valence-corrected chi connectivity index (χ3v) is 4.52. The molecule has 0 atom stereocenters. The van der Waals surface area contributed by atoms with Crippen LogP contribution >= 0.6 is 0 Å². The zero-order valence-corrected chi connectivity index (χ0v) is 14.8. The molecular formula is C20H22N4O2. The van der Waals surface area contributed by atoms with Gasteiger partial charge in [-0.05, 0) is 36.8 Å². The van der Waals surface area contributed by atoms with E-state index in [1.807, 2.05) is 58.1 Å². The van der Waals surface area contributed by atoms with Crippen LogP contribution in [0.3, 0.4) is 0 Å². The summed E-state index contributed by atoms with van der Waals surface area (Å²) in [6, 6.07) is 11.4. The summed E-state index contributed by atoms with van der Waals surface area (Å²) in [5.74, 6) is 0.736. The molecule has 0 bridgehead atoms. The van der Waals surface area contributed by atoms with Gasteiger partial charge in [0.1, 0.15) is 18.0 Å². The van der Waals surface area contributed by atoms with Gasteiger partial charge in [-0.3, -0.25) is 4.79 Å². The van der Waals surface area contributed by atoms with E-state index in [4.69, 9.17) is 4.74 Å². The van der Waals surface area contributed by atoms with Crippen LogP contribution in [-0.4, -0.2) is 46.4 Å². The van der Waals surface area contributed by atoms with Gasteiger partial charge in [-0.15, -0.1) is 0 Å². The third kappa shape index (κ3) is 3.55. The van der Waals surface area contributed by atoms with Gasteiger partial charge in [-0.2, -0.15) is 0 Å². The minimum atomic E-state index is 0.0557. The molecule has 6 nitrogen and oxygen atoms in total. The smallest absolute Gasteiger partial charge is 0.254 e. The predicted octanol–water partition coefficient (Wildman–Crippen LogP) is 2.27. The van der Waals surface area contributed by atoms with Crippen LogP contribution in [0.5, 0.6) is 5.75 Å². The predicted molar refractivity (Wildman–Crippen MR) is 99.5 cm³/mol. The van der Waals surface area contributed by atoms with E-state index >= 15 is 0 Å². The Morgan fingerprint density at radius 1 is 1.19 bits per heavy atom. The van der Waals surface area contributed by atoms with Crippen LogP contribution in [0, 0.1) is 6.92 Å². The van der Waals surface area contributed by atoms with Gasteiger partial charge in [0.15, 0.2) is 0 Å². The van der Waals surface area contributed by atoms with E-state index in [9.17, 15) is 4.79 Å². The standard InChI is InChI=1S/C20H22N4O2/c1-15-5-6-19-22-17(13-24(19)12-15)14-26-18-4-2-3-16(11-18)20(25)23-9-7-21-8-10-23/h2-6,11-13,21H,7-10,14H2,1H3. The maximum Gasteiger partial charge on any atom is 0.254 e. The van der Waals surface area contributed by atoms with Gasteiger partial charge in [0, 0.05) is 44.1 Å². The Morgan fingerprint density at radius 2 is 2.04 bits per heavy atom. The summed E-state index contributed by atoms with van der Waals surface area (Å²) in [7, 11) is 0. The molecule has 0 unspecified atom stereocenters. The van der Waals surface area contributed by atoms with Crippen molar-refractivity contribution < 1.29 is 9.53 Å². The summed E-state index contributed by atoms with van der Waals surface area (Å²) in [5.41, 5.74) is 3.60. The van der Waals surface area contributed by atoms with Gasteiger partial charge in [0.25, 0.3) is 5.91 Å². The number of benzene rings is 1. The molecule has 0 saturated carbocycles. The number of nitrogens with one attached hydrogen (secondary N) is 1. The lowest BCUT2D eigenvalue weighted by atomic mass is 10.1. The van der Waals surface area contributed by atoms with Gasteiger partial charge >= 0.3 is 0 Å². The topological polar surface area (TPSA) is 58.9 Å². The Morgan fingerprint density at radius 3 is 2.88 bits per heavy atom. The molecule has 0 spiro atoms. The fraction of sp³-hybridized carbons (Fsp3) is 0.300. The van der Waals surface area contributed by atoms with Crippen LogP contribution in [0.25, 0.3) is 5.65 Å². The van der Waals surface area contributed by atoms with Crippen LogP contribution < -0.4 is 10.1 Å². The number of rotatable bonds is 4. The van der Waals surface area contributed by atoms with Crippen molar-refractivity contribution in [3.8, 4) is 5.75 Å². The molecule has 1 N–H and O–H groups in total. The quantitative estimate of drug-likeness (QED) is 0.784. The molecule has 1 aliphatic rings. The molecule has 0 aliphatic carbocycles. The van der Waals surface area contributed by atoms with Crippen LogP contribution in [0.15, 0.2) is 48.8 Å². The number of fused-ring (bicyclic) bond motifs is 1.